The van der Waals surface area contributed by atoms with Crippen LogP contribution in [0.25, 0.3) is 0 Å². The smallest absolute Gasteiger partial charge is 0.323 e. The Morgan fingerprint density at radius 3 is 2.90 bits per heavy atom. The van der Waals surface area contributed by atoms with Gasteiger partial charge in [0.25, 0.3) is 0 Å². The Kier molecular flexibility index (Phi) is 3.75. The highest BCUT2D eigenvalue weighted by Gasteiger charge is 2.11. The van der Waals surface area contributed by atoms with Gasteiger partial charge in [-0.2, -0.15) is 5.26 Å². The minimum atomic E-state index is -0.728. The van der Waals surface area contributed by atoms with E-state index in [0.29, 0.717) is 0 Å². The molecule has 1 atom stereocenters. The van der Waals surface area contributed by atoms with Gasteiger partial charge in [-0.25, -0.2) is 0 Å². The largest absolute Gasteiger partial charge is 0.452 e. The summed E-state index contributed by atoms with van der Waals surface area (Å²) in [5.74, 6) is 0.828. The van der Waals surface area contributed by atoms with Crippen molar-refractivity contribution in [2.24, 2.45) is 5.92 Å². The van der Waals surface area contributed by atoms with Crippen LogP contribution in [0.5, 0.6) is 0 Å². The molecule has 0 amide bonds. The Morgan fingerprint density at radius 1 is 1.90 bits per heavy atom. The summed E-state index contributed by atoms with van der Waals surface area (Å²) in [6, 6.07) is 1.73. The SMILES string of the molecule is C#CCOC(=O)[C@@H](C)C#N. The average Bonchev–Trinajstić information content (AvgIpc) is 1.98. The lowest BCUT2D eigenvalue weighted by Gasteiger charge is -1.99. The maximum atomic E-state index is 10.6. The molecule has 0 aliphatic rings. The van der Waals surface area contributed by atoms with E-state index in [9.17, 15) is 4.79 Å². The highest BCUT2D eigenvalue weighted by Crippen LogP contribution is 1.94. The van der Waals surface area contributed by atoms with Gasteiger partial charge in [0.1, 0.15) is 5.92 Å². The molecule has 0 N–H and O–H groups in total. The zero-order chi connectivity index (χ0) is 7.98. The number of terminal acetylenes is 1. The fraction of sp³-hybridized carbons (Fsp3) is 0.429. The van der Waals surface area contributed by atoms with Crippen molar-refractivity contribution in [1.82, 2.24) is 0 Å². The van der Waals surface area contributed by atoms with E-state index in [2.05, 4.69) is 10.7 Å². The standard InChI is InChI=1S/C7H7NO2/c1-3-4-10-7(9)6(2)5-8/h1,6H,4H2,2H3/t6-/m0/s1. The van der Waals surface area contributed by atoms with Gasteiger partial charge in [0, 0.05) is 0 Å². The fourth-order valence-corrected chi connectivity index (χ4v) is 0.291. The lowest BCUT2D eigenvalue weighted by atomic mass is 10.2. The number of nitrogens with zero attached hydrogens (tertiary/aromatic N) is 1. The van der Waals surface area contributed by atoms with Crippen LogP contribution >= 0.6 is 0 Å². The molecular weight excluding hydrogens is 130 g/mol. The van der Waals surface area contributed by atoms with Crippen LogP contribution in [0.3, 0.4) is 0 Å². The molecule has 0 heterocycles. The van der Waals surface area contributed by atoms with Crippen LogP contribution in [0.4, 0.5) is 0 Å². The molecule has 0 fully saturated rings. The normalized spacial score (nSPS) is 10.7. The van der Waals surface area contributed by atoms with Gasteiger partial charge in [-0.15, -0.1) is 6.42 Å². The predicted octanol–water partition coefficient (Wildman–Crippen LogP) is 0.322. The van der Waals surface area contributed by atoms with Crippen LogP contribution in [0, 0.1) is 29.6 Å². The van der Waals surface area contributed by atoms with Gasteiger partial charge < -0.3 is 4.74 Å². The molecule has 0 saturated carbocycles. The first kappa shape index (κ1) is 8.52. The van der Waals surface area contributed by atoms with E-state index in [1.165, 1.54) is 6.92 Å². The molecule has 0 aliphatic carbocycles. The van der Waals surface area contributed by atoms with Crippen LogP contribution in [-0.4, -0.2) is 12.6 Å². The molecule has 0 spiro atoms. The van der Waals surface area contributed by atoms with Gasteiger partial charge >= 0.3 is 5.97 Å². The summed E-state index contributed by atoms with van der Waals surface area (Å²) >= 11 is 0. The number of esters is 1. The van der Waals surface area contributed by atoms with E-state index in [1.54, 1.807) is 6.07 Å². The maximum Gasteiger partial charge on any atom is 0.323 e. The molecule has 0 aliphatic heterocycles. The number of rotatable bonds is 2. The summed E-state index contributed by atoms with van der Waals surface area (Å²) in [5.41, 5.74) is 0. The van der Waals surface area contributed by atoms with Crippen LogP contribution in [0.15, 0.2) is 0 Å². The van der Waals surface area contributed by atoms with Crippen molar-refractivity contribution in [3.63, 3.8) is 0 Å². The highest BCUT2D eigenvalue weighted by atomic mass is 16.5. The topological polar surface area (TPSA) is 50.1 Å². The van der Waals surface area contributed by atoms with E-state index in [-0.39, 0.29) is 6.61 Å². The Labute approximate surface area is 59.6 Å². The Hall–Kier alpha value is -1.48. The molecule has 0 aromatic carbocycles. The second kappa shape index (κ2) is 4.40. The van der Waals surface area contributed by atoms with Gasteiger partial charge in [-0.3, -0.25) is 4.79 Å². The van der Waals surface area contributed by atoms with Gasteiger partial charge in [-0.1, -0.05) is 5.92 Å². The van der Waals surface area contributed by atoms with Crippen LogP contribution in [0.2, 0.25) is 0 Å². The Balaban J connectivity index is 3.68. The molecule has 3 heteroatoms. The average molecular weight is 137 g/mol. The zero-order valence-electron chi connectivity index (χ0n) is 5.63. The number of ether oxygens (including phenoxy) is 1. The molecule has 0 unspecified atom stereocenters. The van der Waals surface area contributed by atoms with Gasteiger partial charge in [0.2, 0.25) is 0 Å². The quantitative estimate of drug-likeness (QED) is 0.407. The molecule has 0 bridgehead atoms. The molecule has 52 valence electrons. The fourth-order valence-electron chi connectivity index (χ4n) is 0.291. The van der Waals surface area contributed by atoms with Crippen molar-refractivity contribution >= 4 is 5.97 Å². The van der Waals surface area contributed by atoms with Gasteiger partial charge in [-0.05, 0) is 6.92 Å². The van der Waals surface area contributed by atoms with E-state index < -0.39 is 11.9 Å². The monoisotopic (exact) mass is 137 g/mol. The summed E-state index contributed by atoms with van der Waals surface area (Å²) in [6.45, 7) is 1.39. The second-order valence-corrected chi connectivity index (χ2v) is 1.66. The minimum Gasteiger partial charge on any atom is -0.452 e. The van der Waals surface area contributed by atoms with Gasteiger partial charge in [0.05, 0.1) is 6.07 Å². The van der Waals surface area contributed by atoms with Crippen molar-refractivity contribution in [3.8, 4) is 18.4 Å². The first-order valence-electron chi connectivity index (χ1n) is 2.72. The summed E-state index contributed by atoms with van der Waals surface area (Å²) < 4.78 is 4.45. The number of hydrogen-bond acceptors (Lipinski definition) is 3. The molecule has 0 rings (SSSR count). The molecule has 0 aromatic rings. The van der Waals surface area contributed by atoms with E-state index in [0.717, 1.165) is 0 Å². The number of carbonyl (C=O) groups is 1. The summed E-state index contributed by atoms with van der Waals surface area (Å²) in [5, 5.41) is 8.20. The molecule has 3 nitrogen and oxygen atoms in total. The lowest BCUT2D eigenvalue weighted by Crippen LogP contribution is -2.12. The van der Waals surface area contributed by atoms with Crippen molar-refractivity contribution in [2.75, 3.05) is 6.61 Å². The van der Waals surface area contributed by atoms with E-state index >= 15 is 0 Å². The first-order valence-corrected chi connectivity index (χ1v) is 2.72. The van der Waals surface area contributed by atoms with Gasteiger partial charge in [0.15, 0.2) is 6.61 Å². The lowest BCUT2D eigenvalue weighted by molar-refractivity contribution is -0.144. The van der Waals surface area contributed by atoms with Crippen molar-refractivity contribution in [2.45, 2.75) is 6.92 Å². The Bertz CT molecular complexity index is 197. The summed E-state index contributed by atoms with van der Waals surface area (Å²) in [4.78, 5) is 10.6. The zero-order valence-corrected chi connectivity index (χ0v) is 5.63. The van der Waals surface area contributed by atoms with Crippen molar-refractivity contribution in [1.29, 1.82) is 5.26 Å². The molecular formula is C7H7NO2. The molecule has 10 heavy (non-hydrogen) atoms. The number of nitriles is 1. The predicted molar refractivity (Wildman–Crippen MR) is 34.6 cm³/mol. The molecule has 0 aromatic heterocycles. The third-order valence-electron chi connectivity index (χ3n) is 0.845. The maximum absolute atomic E-state index is 10.6. The molecule has 0 saturated heterocycles. The minimum absolute atomic E-state index is 0.0646. The van der Waals surface area contributed by atoms with Crippen LogP contribution in [-0.2, 0) is 9.53 Å². The third-order valence-corrected chi connectivity index (χ3v) is 0.845. The number of carbonyl (C=O) groups excluding carboxylic acids is 1. The second-order valence-electron chi connectivity index (χ2n) is 1.66. The van der Waals surface area contributed by atoms with Crippen molar-refractivity contribution in [3.05, 3.63) is 0 Å². The molecule has 0 radical (unpaired) electrons. The third kappa shape index (κ3) is 2.74. The van der Waals surface area contributed by atoms with Crippen LogP contribution in [0.1, 0.15) is 6.92 Å². The van der Waals surface area contributed by atoms with Crippen molar-refractivity contribution < 1.29 is 9.53 Å². The summed E-state index contributed by atoms with van der Waals surface area (Å²) in [6.07, 6.45) is 4.81. The van der Waals surface area contributed by atoms with E-state index in [4.69, 9.17) is 11.7 Å². The number of hydrogen-bond donors (Lipinski definition) is 0. The first-order chi connectivity index (χ1) is 4.72. The highest BCUT2D eigenvalue weighted by molar-refractivity contribution is 5.74. The van der Waals surface area contributed by atoms with Crippen LogP contribution < -0.4 is 0 Å². The summed E-state index contributed by atoms with van der Waals surface area (Å²) in [7, 11) is 0. The Morgan fingerprint density at radius 2 is 2.50 bits per heavy atom. The van der Waals surface area contributed by atoms with E-state index in [1.807, 2.05) is 0 Å².